The highest BCUT2D eigenvalue weighted by atomic mass is 32.2. The average molecular weight is 295 g/mol. The fourth-order valence-corrected chi connectivity index (χ4v) is 1.99. The number of amides is 1. The van der Waals surface area contributed by atoms with Crippen LogP contribution in [0.25, 0.3) is 6.08 Å². The highest BCUT2D eigenvalue weighted by Gasteiger charge is 2.20. The quantitative estimate of drug-likeness (QED) is 0.596. The van der Waals surface area contributed by atoms with Gasteiger partial charge in [0.25, 0.3) is 0 Å². The number of hydrogen-bond acceptors (Lipinski definition) is 4. The molecule has 0 saturated carbocycles. The van der Waals surface area contributed by atoms with E-state index in [0.29, 0.717) is 0 Å². The SMILES string of the molecule is COCC(C)(O)CNC(=O)/C=C/c1ccc(SC)cc1. The molecular weight excluding hydrogens is 274 g/mol. The van der Waals surface area contributed by atoms with Crippen LogP contribution in [0.5, 0.6) is 0 Å². The third-order valence-corrected chi connectivity index (χ3v) is 3.39. The van der Waals surface area contributed by atoms with Crippen molar-refractivity contribution in [1.29, 1.82) is 0 Å². The van der Waals surface area contributed by atoms with Crippen molar-refractivity contribution in [3.8, 4) is 0 Å². The maximum atomic E-state index is 11.6. The number of nitrogens with one attached hydrogen (secondary N) is 1. The van der Waals surface area contributed by atoms with Crippen molar-refractivity contribution in [2.24, 2.45) is 0 Å². The third kappa shape index (κ3) is 6.23. The number of thioether (sulfide) groups is 1. The molecule has 1 aromatic carbocycles. The molecule has 0 aliphatic carbocycles. The summed E-state index contributed by atoms with van der Waals surface area (Å²) in [5, 5.41) is 12.5. The summed E-state index contributed by atoms with van der Waals surface area (Å²) in [6.45, 7) is 1.93. The molecule has 1 unspecified atom stereocenters. The highest BCUT2D eigenvalue weighted by molar-refractivity contribution is 7.98. The molecule has 5 heteroatoms. The number of benzene rings is 1. The largest absolute Gasteiger partial charge is 0.386 e. The molecule has 0 bridgehead atoms. The molecule has 0 aliphatic rings. The van der Waals surface area contributed by atoms with Crippen molar-refractivity contribution in [2.75, 3.05) is 26.5 Å². The summed E-state index contributed by atoms with van der Waals surface area (Å²) in [7, 11) is 1.51. The standard InChI is InChI=1S/C15H21NO3S/c1-15(18,11-19-2)10-16-14(17)9-6-12-4-7-13(20-3)8-5-12/h4-9,18H,10-11H2,1-3H3,(H,16,17)/b9-6+. The summed E-state index contributed by atoms with van der Waals surface area (Å²) in [5.41, 5.74) is -0.0975. The van der Waals surface area contributed by atoms with Crippen molar-refractivity contribution >= 4 is 23.7 Å². The third-order valence-electron chi connectivity index (χ3n) is 2.64. The average Bonchev–Trinajstić information content (AvgIpc) is 2.43. The topological polar surface area (TPSA) is 58.6 Å². The minimum absolute atomic E-state index is 0.148. The fourth-order valence-electron chi connectivity index (χ4n) is 1.59. The van der Waals surface area contributed by atoms with Crippen LogP contribution in [-0.4, -0.2) is 43.1 Å². The predicted octanol–water partition coefficient (Wildman–Crippen LogP) is 1.94. The Balaban J connectivity index is 2.46. The van der Waals surface area contributed by atoms with Crippen LogP contribution in [0.1, 0.15) is 12.5 Å². The molecule has 0 heterocycles. The minimum Gasteiger partial charge on any atom is -0.386 e. The second kappa shape index (κ2) is 8.09. The smallest absolute Gasteiger partial charge is 0.244 e. The zero-order valence-electron chi connectivity index (χ0n) is 12.1. The van der Waals surface area contributed by atoms with Gasteiger partial charge in [-0.25, -0.2) is 0 Å². The van der Waals surface area contributed by atoms with Crippen molar-refractivity contribution in [2.45, 2.75) is 17.4 Å². The van der Waals surface area contributed by atoms with Gasteiger partial charge in [-0.2, -0.15) is 0 Å². The fraction of sp³-hybridized carbons (Fsp3) is 0.400. The summed E-state index contributed by atoms with van der Waals surface area (Å²) >= 11 is 1.67. The Kier molecular flexibility index (Phi) is 6.78. The van der Waals surface area contributed by atoms with Crippen LogP contribution in [0, 0.1) is 0 Å². The molecule has 1 amide bonds. The molecule has 0 saturated heterocycles. The van der Waals surface area contributed by atoms with Gasteiger partial charge < -0.3 is 15.2 Å². The molecule has 0 fully saturated rings. The van der Waals surface area contributed by atoms with Crippen molar-refractivity contribution < 1.29 is 14.6 Å². The number of ether oxygens (including phenoxy) is 1. The van der Waals surface area contributed by atoms with Crippen molar-refractivity contribution in [3.63, 3.8) is 0 Å². The van der Waals surface area contributed by atoms with Gasteiger partial charge in [-0.1, -0.05) is 12.1 Å². The number of carbonyl (C=O) groups is 1. The van der Waals surface area contributed by atoms with E-state index < -0.39 is 5.60 Å². The molecule has 20 heavy (non-hydrogen) atoms. The van der Waals surface area contributed by atoms with Crippen LogP contribution >= 0.6 is 11.8 Å². The summed E-state index contributed by atoms with van der Waals surface area (Å²) in [4.78, 5) is 12.8. The van der Waals surface area contributed by atoms with Crippen LogP contribution in [0.2, 0.25) is 0 Å². The molecule has 0 spiro atoms. The Morgan fingerprint density at radius 1 is 1.45 bits per heavy atom. The highest BCUT2D eigenvalue weighted by Crippen LogP contribution is 2.15. The van der Waals surface area contributed by atoms with Crippen LogP contribution in [0.15, 0.2) is 35.2 Å². The van der Waals surface area contributed by atoms with Crippen LogP contribution < -0.4 is 5.32 Å². The lowest BCUT2D eigenvalue weighted by Crippen LogP contribution is -2.43. The lowest BCUT2D eigenvalue weighted by molar-refractivity contribution is -0.118. The molecule has 0 aliphatic heterocycles. The molecule has 4 nitrogen and oxygen atoms in total. The number of aliphatic hydroxyl groups is 1. The molecule has 2 N–H and O–H groups in total. The summed E-state index contributed by atoms with van der Waals surface area (Å²) < 4.78 is 4.87. The molecule has 1 aromatic rings. The second-order valence-electron chi connectivity index (χ2n) is 4.75. The van der Waals surface area contributed by atoms with E-state index in [1.54, 1.807) is 24.8 Å². The summed E-state index contributed by atoms with van der Waals surface area (Å²) in [5.74, 6) is -0.240. The Hall–Kier alpha value is -1.30. The maximum absolute atomic E-state index is 11.6. The van der Waals surface area contributed by atoms with Gasteiger partial charge in [0.15, 0.2) is 0 Å². The second-order valence-corrected chi connectivity index (χ2v) is 5.63. The van der Waals surface area contributed by atoms with Gasteiger partial charge in [0, 0.05) is 24.6 Å². The van der Waals surface area contributed by atoms with Gasteiger partial charge in [-0.3, -0.25) is 4.79 Å². The summed E-state index contributed by atoms with van der Waals surface area (Å²) in [6, 6.07) is 7.92. The van der Waals surface area contributed by atoms with E-state index in [4.69, 9.17) is 4.74 Å². The first kappa shape index (κ1) is 16.8. The van der Waals surface area contributed by atoms with Crippen LogP contribution in [0.4, 0.5) is 0 Å². The van der Waals surface area contributed by atoms with Gasteiger partial charge in [-0.15, -0.1) is 11.8 Å². The van der Waals surface area contributed by atoms with Gasteiger partial charge in [0.05, 0.1) is 6.61 Å². The Morgan fingerprint density at radius 3 is 2.65 bits per heavy atom. The van der Waals surface area contributed by atoms with Gasteiger partial charge in [0.1, 0.15) is 5.60 Å². The van der Waals surface area contributed by atoms with Crippen molar-refractivity contribution in [3.05, 3.63) is 35.9 Å². The predicted molar refractivity (Wildman–Crippen MR) is 82.8 cm³/mol. The van der Waals surface area contributed by atoms with E-state index >= 15 is 0 Å². The lowest BCUT2D eigenvalue weighted by Gasteiger charge is -2.21. The molecule has 1 rings (SSSR count). The maximum Gasteiger partial charge on any atom is 0.244 e. The normalized spacial score (nSPS) is 14.2. The Morgan fingerprint density at radius 2 is 2.10 bits per heavy atom. The van der Waals surface area contributed by atoms with Crippen molar-refractivity contribution in [1.82, 2.24) is 5.32 Å². The van der Waals surface area contributed by atoms with Crippen LogP contribution in [0.3, 0.4) is 0 Å². The number of rotatable bonds is 7. The first-order valence-electron chi connectivity index (χ1n) is 6.28. The van der Waals surface area contributed by atoms with E-state index in [1.807, 2.05) is 30.5 Å². The van der Waals surface area contributed by atoms with Crippen LogP contribution in [-0.2, 0) is 9.53 Å². The molecule has 0 radical (unpaired) electrons. The lowest BCUT2D eigenvalue weighted by atomic mass is 10.1. The first-order chi connectivity index (χ1) is 9.46. The summed E-state index contributed by atoms with van der Waals surface area (Å²) in [6.07, 6.45) is 5.21. The molecule has 1 atom stereocenters. The molecular formula is C15H21NO3S. The van der Waals surface area contributed by atoms with Gasteiger partial charge >= 0.3 is 0 Å². The zero-order chi connectivity index (χ0) is 15.0. The van der Waals surface area contributed by atoms with Gasteiger partial charge in [-0.05, 0) is 37.0 Å². The van der Waals surface area contributed by atoms with E-state index in [2.05, 4.69) is 5.32 Å². The van der Waals surface area contributed by atoms with Gasteiger partial charge in [0.2, 0.25) is 5.91 Å². The Labute approximate surface area is 124 Å². The minimum atomic E-state index is -1.06. The zero-order valence-corrected chi connectivity index (χ0v) is 12.9. The Bertz CT molecular complexity index is 455. The molecule has 0 aromatic heterocycles. The van der Waals surface area contributed by atoms with E-state index in [-0.39, 0.29) is 19.1 Å². The molecule has 110 valence electrons. The number of hydrogen-bond donors (Lipinski definition) is 2. The number of methoxy groups -OCH3 is 1. The number of carbonyl (C=O) groups excluding carboxylic acids is 1. The van der Waals surface area contributed by atoms with E-state index in [0.717, 1.165) is 5.56 Å². The van der Waals surface area contributed by atoms with E-state index in [9.17, 15) is 9.90 Å². The monoisotopic (exact) mass is 295 g/mol. The first-order valence-corrected chi connectivity index (χ1v) is 7.50. The van der Waals surface area contributed by atoms with E-state index in [1.165, 1.54) is 18.1 Å².